The number of hydrogen-bond donors (Lipinski definition) is 1. The molecule has 0 bridgehead atoms. The first-order valence-electron chi connectivity index (χ1n) is 7.08. The van der Waals surface area contributed by atoms with Crippen molar-refractivity contribution in [1.82, 2.24) is 4.98 Å². The van der Waals surface area contributed by atoms with Crippen LogP contribution in [0.3, 0.4) is 0 Å². The van der Waals surface area contributed by atoms with Gasteiger partial charge in [0.2, 0.25) is 0 Å². The summed E-state index contributed by atoms with van der Waals surface area (Å²) >= 11 is 0. The van der Waals surface area contributed by atoms with Crippen molar-refractivity contribution in [3.8, 4) is 0 Å². The average Bonchev–Trinajstić information content (AvgIpc) is 2.53. The summed E-state index contributed by atoms with van der Waals surface area (Å²) in [4.78, 5) is 6.91. The van der Waals surface area contributed by atoms with Crippen molar-refractivity contribution in [2.75, 3.05) is 11.9 Å². The van der Waals surface area contributed by atoms with E-state index >= 15 is 0 Å². The highest BCUT2D eigenvalue weighted by Crippen LogP contribution is 2.27. The summed E-state index contributed by atoms with van der Waals surface area (Å²) in [6.07, 6.45) is 0. The van der Waals surface area contributed by atoms with Gasteiger partial charge in [-0.25, -0.2) is 4.98 Å². The molecule has 0 atom stereocenters. The molecule has 3 heteroatoms. The van der Waals surface area contributed by atoms with Crippen molar-refractivity contribution >= 4 is 22.4 Å². The van der Waals surface area contributed by atoms with Crippen LogP contribution in [0.15, 0.2) is 54.6 Å². The summed E-state index contributed by atoms with van der Waals surface area (Å²) in [5, 5.41) is 1.17. The number of nitrogens with two attached hydrogens (primary N) is 1. The normalized spacial score (nSPS) is 10.8. The van der Waals surface area contributed by atoms with Gasteiger partial charge in [-0.3, -0.25) is 0 Å². The molecular weight excluding hydrogens is 258 g/mol. The van der Waals surface area contributed by atoms with E-state index in [-0.39, 0.29) is 0 Å². The zero-order chi connectivity index (χ0) is 14.8. The molecule has 0 aliphatic carbocycles. The molecule has 0 fully saturated rings. The van der Waals surface area contributed by atoms with Gasteiger partial charge in [0.25, 0.3) is 0 Å². The minimum absolute atomic E-state index is 0.567. The van der Waals surface area contributed by atoms with Gasteiger partial charge in [0, 0.05) is 24.7 Å². The van der Waals surface area contributed by atoms with Crippen LogP contribution in [-0.2, 0) is 6.54 Å². The molecule has 106 valence electrons. The Balaban J connectivity index is 2.03. The fraction of sp³-hybridized carbons (Fsp3) is 0.167. The van der Waals surface area contributed by atoms with Crippen LogP contribution in [0.1, 0.15) is 11.1 Å². The van der Waals surface area contributed by atoms with Crippen LogP contribution in [0.2, 0.25) is 0 Å². The second-order valence-corrected chi connectivity index (χ2v) is 5.25. The maximum atomic E-state index is 5.65. The molecule has 1 heterocycles. The molecule has 1 aromatic heterocycles. The highest BCUT2D eigenvalue weighted by molar-refractivity contribution is 5.82. The third kappa shape index (κ3) is 2.60. The highest BCUT2D eigenvalue weighted by Gasteiger charge is 2.10. The maximum absolute atomic E-state index is 5.65. The number of aryl methyl sites for hydroxylation is 1. The van der Waals surface area contributed by atoms with E-state index in [0.29, 0.717) is 6.54 Å². The van der Waals surface area contributed by atoms with Crippen molar-refractivity contribution < 1.29 is 0 Å². The quantitative estimate of drug-likeness (QED) is 0.792. The fourth-order valence-electron chi connectivity index (χ4n) is 2.53. The van der Waals surface area contributed by atoms with Gasteiger partial charge in [-0.05, 0) is 42.3 Å². The largest absolute Gasteiger partial charge is 0.329 e. The number of benzene rings is 2. The van der Waals surface area contributed by atoms with E-state index in [1.165, 1.54) is 10.9 Å². The SMILES string of the molecule is Cc1cc2ccccc2nc1N(C)c1ccc(CN)cc1. The van der Waals surface area contributed by atoms with Crippen LogP contribution < -0.4 is 10.6 Å². The Hall–Kier alpha value is -2.39. The zero-order valence-electron chi connectivity index (χ0n) is 12.4. The summed E-state index contributed by atoms with van der Waals surface area (Å²) in [5.41, 5.74) is 10.1. The van der Waals surface area contributed by atoms with Gasteiger partial charge in [-0.2, -0.15) is 0 Å². The summed E-state index contributed by atoms with van der Waals surface area (Å²) in [6, 6.07) is 18.7. The molecule has 0 aliphatic heterocycles. The molecular formula is C18H19N3. The van der Waals surface area contributed by atoms with E-state index in [4.69, 9.17) is 10.7 Å². The van der Waals surface area contributed by atoms with Crippen LogP contribution in [0.25, 0.3) is 10.9 Å². The van der Waals surface area contributed by atoms with Crippen LogP contribution in [0, 0.1) is 6.92 Å². The summed E-state index contributed by atoms with van der Waals surface area (Å²) in [6.45, 7) is 2.66. The minimum Gasteiger partial charge on any atom is -0.329 e. The van der Waals surface area contributed by atoms with E-state index in [1.807, 2.05) is 25.2 Å². The van der Waals surface area contributed by atoms with Gasteiger partial charge < -0.3 is 10.6 Å². The Morgan fingerprint density at radius 3 is 2.48 bits per heavy atom. The van der Waals surface area contributed by atoms with Gasteiger partial charge in [0.05, 0.1) is 5.52 Å². The van der Waals surface area contributed by atoms with E-state index in [1.54, 1.807) is 0 Å². The molecule has 0 aliphatic rings. The average molecular weight is 277 g/mol. The van der Waals surface area contributed by atoms with Crippen molar-refractivity contribution in [1.29, 1.82) is 0 Å². The lowest BCUT2D eigenvalue weighted by atomic mass is 10.1. The van der Waals surface area contributed by atoms with Crippen LogP contribution in [0.4, 0.5) is 11.5 Å². The zero-order valence-corrected chi connectivity index (χ0v) is 12.4. The summed E-state index contributed by atoms with van der Waals surface area (Å²) in [5.74, 6) is 0.981. The molecule has 3 rings (SSSR count). The Kier molecular flexibility index (Phi) is 3.59. The van der Waals surface area contributed by atoms with Crippen LogP contribution >= 0.6 is 0 Å². The summed E-state index contributed by atoms with van der Waals surface area (Å²) < 4.78 is 0. The number of pyridine rings is 1. The Morgan fingerprint density at radius 2 is 1.76 bits per heavy atom. The first-order chi connectivity index (χ1) is 10.2. The molecule has 0 unspecified atom stereocenters. The number of rotatable bonds is 3. The fourth-order valence-corrected chi connectivity index (χ4v) is 2.53. The number of aromatic nitrogens is 1. The molecule has 3 nitrogen and oxygen atoms in total. The van der Waals surface area contributed by atoms with Gasteiger partial charge in [-0.1, -0.05) is 30.3 Å². The lowest BCUT2D eigenvalue weighted by Crippen LogP contribution is -2.13. The lowest BCUT2D eigenvalue weighted by molar-refractivity contribution is 1.06. The molecule has 21 heavy (non-hydrogen) atoms. The van der Waals surface area contributed by atoms with Gasteiger partial charge in [0.15, 0.2) is 0 Å². The van der Waals surface area contributed by atoms with Crippen molar-refractivity contribution in [3.05, 3.63) is 65.7 Å². The van der Waals surface area contributed by atoms with Crippen LogP contribution in [-0.4, -0.2) is 12.0 Å². The van der Waals surface area contributed by atoms with Crippen molar-refractivity contribution in [2.45, 2.75) is 13.5 Å². The van der Waals surface area contributed by atoms with Crippen molar-refractivity contribution in [3.63, 3.8) is 0 Å². The molecule has 0 radical (unpaired) electrons. The number of nitrogens with zero attached hydrogens (tertiary/aromatic N) is 2. The van der Waals surface area contributed by atoms with Gasteiger partial charge >= 0.3 is 0 Å². The van der Waals surface area contributed by atoms with E-state index < -0.39 is 0 Å². The van der Waals surface area contributed by atoms with Crippen molar-refractivity contribution in [2.24, 2.45) is 5.73 Å². The Bertz CT molecular complexity index is 763. The van der Waals surface area contributed by atoms with E-state index in [2.05, 4.69) is 48.2 Å². The predicted molar refractivity (Wildman–Crippen MR) is 88.9 cm³/mol. The molecule has 3 aromatic rings. The predicted octanol–water partition coefficient (Wildman–Crippen LogP) is 3.77. The minimum atomic E-state index is 0.567. The molecule has 0 saturated carbocycles. The monoisotopic (exact) mass is 277 g/mol. The van der Waals surface area contributed by atoms with Gasteiger partial charge in [-0.15, -0.1) is 0 Å². The molecule has 2 N–H and O–H groups in total. The molecule has 0 spiro atoms. The first-order valence-corrected chi connectivity index (χ1v) is 7.08. The first kappa shape index (κ1) is 13.6. The van der Waals surface area contributed by atoms with Crippen LogP contribution in [0.5, 0.6) is 0 Å². The molecule has 0 saturated heterocycles. The smallest absolute Gasteiger partial charge is 0.136 e. The second kappa shape index (κ2) is 5.54. The Morgan fingerprint density at radius 1 is 1.05 bits per heavy atom. The topological polar surface area (TPSA) is 42.2 Å². The molecule has 2 aromatic carbocycles. The highest BCUT2D eigenvalue weighted by atomic mass is 15.2. The second-order valence-electron chi connectivity index (χ2n) is 5.25. The third-order valence-electron chi connectivity index (χ3n) is 3.76. The van der Waals surface area contributed by atoms with Gasteiger partial charge in [0.1, 0.15) is 5.82 Å². The standard InChI is InChI=1S/C18H19N3/c1-13-11-15-5-3-4-6-17(15)20-18(13)21(2)16-9-7-14(12-19)8-10-16/h3-11H,12,19H2,1-2H3. The lowest BCUT2D eigenvalue weighted by Gasteiger charge is -2.21. The number of para-hydroxylation sites is 1. The third-order valence-corrected chi connectivity index (χ3v) is 3.76. The Labute approximate surface area is 125 Å². The van der Waals surface area contributed by atoms with E-state index in [0.717, 1.165) is 22.6 Å². The number of hydrogen-bond acceptors (Lipinski definition) is 3. The number of fused-ring (bicyclic) bond motifs is 1. The van der Waals surface area contributed by atoms with E-state index in [9.17, 15) is 0 Å². The molecule has 0 amide bonds. The maximum Gasteiger partial charge on any atom is 0.136 e. The number of anilines is 2. The summed E-state index contributed by atoms with van der Waals surface area (Å²) in [7, 11) is 2.04.